The molecule has 1 saturated heterocycles. The molecular weight excluding hydrogens is 252 g/mol. The third-order valence-electron chi connectivity index (χ3n) is 3.14. The molecule has 3 atom stereocenters. The van der Waals surface area contributed by atoms with Crippen molar-refractivity contribution in [1.82, 2.24) is 0 Å². The molecule has 19 heavy (non-hydrogen) atoms. The minimum Gasteiger partial charge on any atom is -0.394 e. The number of benzene rings is 1. The van der Waals surface area contributed by atoms with Gasteiger partial charge in [0.05, 0.1) is 17.6 Å². The van der Waals surface area contributed by atoms with Gasteiger partial charge in [0.25, 0.3) is 5.69 Å². The first-order valence-corrected chi connectivity index (χ1v) is 5.97. The van der Waals surface area contributed by atoms with E-state index in [0.717, 1.165) is 5.56 Å². The summed E-state index contributed by atoms with van der Waals surface area (Å²) in [6, 6.07) is 4.48. The lowest BCUT2D eigenvalue weighted by Crippen LogP contribution is -2.25. The summed E-state index contributed by atoms with van der Waals surface area (Å²) >= 11 is 0. The second kappa shape index (κ2) is 5.52. The summed E-state index contributed by atoms with van der Waals surface area (Å²) in [7, 11) is 0. The summed E-state index contributed by atoms with van der Waals surface area (Å²) in [5.74, 6) is 0. The van der Waals surface area contributed by atoms with Crippen LogP contribution in [0.25, 0.3) is 0 Å². The molecule has 0 spiro atoms. The molecule has 7 heteroatoms. The molecule has 7 nitrogen and oxygen atoms in total. The maximum absolute atomic E-state index is 10.6. The Morgan fingerprint density at radius 2 is 2.32 bits per heavy atom. The van der Waals surface area contributed by atoms with E-state index in [1.807, 2.05) is 0 Å². The van der Waals surface area contributed by atoms with Crippen LogP contribution in [0.4, 0.5) is 11.4 Å². The number of nitro groups is 1. The predicted octanol–water partition coefficient (Wildman–Crippen LogP) is 0.783. The Labute approximate surface area is 110 Å². The molecule has 0 aromatic heterocycles. The van der Waals surface area contributed by atoms with E-state index >= 15 is 0 Å². The van der Waals surface area contributed by atoms with Crippen molar-refractivity contribution in [2.45, 2.75) is 31.8 Å². The fraction of sp³-hybridized carbons (Fsp3) is 0.500. The number of hydrogen-bond acceptors (Lipinski definition) is 6. The third kappa shape index (κ3) is 3.01. The van der Waals surface area contributed by atoms with E-state index in [1.165, 1.54) is 12.1 Å². The summed E-state index contributed by atoms with van der Waals surface area (Å²) < 4.78 is 5.41. The Morgan fingerprint density at radius 1 is 1.58 bits per heavy atom. The average Bonchev–Trinajstić information content (AvgIpc) is 2.72. The molecule has 1 aromatic rings. The zero-order valence-electron chi connectivity index (χ0n) is 10.4. The second-order valence-electron chi connectivity index (χ2n) is 4.55. The van der Waals surface area contributed by atoms with Crippen LogP contribution in [0.2, 0.25) is 0 Å². The van der Waals surface area contributed by atoms with Gasteiger partial charge in [-0.3, -0.25) is 10.1 Å². The van der Waals surface area contributed by atoms with Crippen molar-refractivity contribution < 1.29 is 19.9 Å². The van der Waals surface area contributed by atoms with Gasteiger partial charge in [-0.15, -0.1) is 0 Å². The lowest BCUT2D eigenvalue weighted by atomic mass is 10.1. The molecule has 104 valence electrons. The van der Waals surface area contributed by atoms with Crippen molar-refractivity contribution in [3.05, 3.63) is 33.9 Å². The number of aliphatic hydroxyl groups excluding tert-OH is 2. The molecule has 1 heterocycles. The number of aryl methyl sites for hydroxylation is 1. The molecule has 0 aliphatic carbocycles. The van der Waals surface area contributed by atoms with Gasteiger partial charge in [0, 0.05) is 24.2 Å². The van der Waals surface area contributed by atoms with Crippen LogP contribution in [-0.2, 0) is 4.74 Å². The highest BCUT2D eigenvalue weighted by atomic mass is 16.6. The highest BCUT2D eigenvalue weighted by Gasteiger charge is 2.33. The molecule has 0 unspecified atom stereocenters. The Hall–Kier alpha value is -1.70. The van der Waals surface area contributed by atoms with Crippen molar-refractivity contribution in [1.29, 1.82) is 0 Å². The number of nitro benzene ring substituents is 1. The van der Waals surface area contributed by atoms with Gasteiger partial charge in [0.15, 0.2) is 0 Å². The minimum atomic E-state index is -0.708. The maximum atomic E-state index is 10.6. The lowest BCUT2D eigenvalue weighted by Gasteiger charge is -2.16. The lowest BCUT2D eigenvalue weighted by molar-refractivity contribution is -0.384. The molecular formula is C12H16N2O5. The summed E-state index contributed by atoms with van der Waals surface area (Å²) in [5, 5.41) is 32.3. The van der Waals surface area contributed by atoms with E-state index in [-0.39, 0.29) is 12.3 Å². The molecule has 1 aliphatic rings. The number of hydrogen-bond donors (Lipinski definition) is 3. The summed E-state index contributed by atoms with van der Waals surface area (Å²) in [6.07, 6.45) is -1.34. The predicted molar refractivity (Wildman–Crippen MR) is 67.8 cm³/mol. The third-order valence-corrected chi connectivity index (χ3v) is 3.14. The smallest absolute Gasteiger partial charge is 0.269 e. The first kappa shape index (κ1) is 13.7. The molecule has 0 amide bonds. The van der Waals surface area contributed by atoms with Crippen LogP contribution < -0.4 is 5.32 Å². The highest BCUT2D eigenvalue weighted by molar-refractivity contribution is 5.55. The topological polar surface area (TPSA) is 105 Å². The van der Waals surface area contributed by atoms with Gasteiger partial charge in [0.1, 0.15) is 12.3 Å². The van der Waals surface area contributed by atoms with Gasteiger partial charge in [-0.25, -0.2) is 0 Å². The quantitative estimate of drug-likeness (QED) is 0.550. The Balaban J connectivity index is 2.06. The average molecular weight is 268 g/mol. The summed E-state index contributed by atoms with van der Waals surface area (Å²) in [6.45, 7) is 1.52. The summed E-state index contributed by atoms with van der Waals surface area (Å²) in [4.78, 5) is 10.2. The van der Waals surface area contributed by atoms with Crippen molar-refractivity contribution in [3.8, 4) is 0 Å². The van der Waals surface area contributed by atoms with Crippen LogP contribution in [0.1, 0.15) is 12.0 Å². The summed E-state index contributed by atoms with van der Waals surface area (Å²) in [5.41, 5.74) is 1.46. The number of nitrogens with zero attached hydrogens (tertiary/aromatic N) is 1. The van der Waals surface area contributed by atoms with Gasteiger partial charge >= 0.3 is 0 Å². The van der Waals surface area contributed by atoms with E-state index in [4.69, 9.17) is 9.84 Å². The van der Waals surface area contributed by atoms with E-state index in [9.17, 15) is 15.2 Å². The van der Waals surface area contributed by atoms with E-state index in [1.54, 1.807) is 13.0 Å². The number of non-ortho nitro benzene ring substituents is 1. The second-order valence-corrected chi connectivity index (χ2v) is 4.55. The van der Waals surface area contributed by atoms with E-state index < -0.39 is 23.4 Å². The van der Waals surface area contributed by atoms with Crippen molar-refractivity contribution in [2.24, 2.45) is 0 Å². The Morgan fingerprint density at radius 3 is 2.84 bits per heavy atom. The number of anilines is 1. The largest absolute Gasteiger partial charge is 0.394 e. The first-order valence-electron chi connectivity index (χ1n) is 5.97. The molecule has 2 rings (SSSR count). The number of aliphatic hydroxyl groups is 2. The molecule has 0 radical (unpaired) electrons. The highest BCUT2D eigenvalue weighted by Crippen LogP contribution is 2.26. The Bertz CT molecular complexity index is 479. The maximum Gasteiger partial charge on any atom is 0.269 e. The standard InChI is InChI=1S/C12H16N2O5/c1-7-4-8(14(17)18)2-3-9(7)13-12-5-10(16)11(6-15)19-12/h2-4,10-13,15-16H,5-6H2,1H3/t10-,11+,12-/m0/s1. The fourth-order valence-corrected chi connectivity index (χ4v) is 2.08. The van der Waals surface area contributed by atoms with Gasteiger partial charge in [-0.1, -0.05) is 0 Å². The fourth-order valence-electron chi connectivity index (χ4n) is 2.08. The van der Waals surface area contributed by atoms with E-state index in [0.29, 0.717) is 12.1 Å². The molecule has 1 fully saturated rings. The van der Waals surface area contributed by atoms with Crippen LogP contribution in [0.15, 0.2) is 18.2 Å². The molecule has 1 aromatic carbocycles. The van der Waals surface area contributed by atoms with Crippen LogP contribution in [0, 0.1) is 17.0 Å². The molecule has 3 N–H and O–H groups in total. The van der Waals surface area contributed by atoms with Gasteiger partial charge < -0.3 is 20.3 Å². The van der Waals surface area contributed by atoms with Crippen LogP contribution >= 0.6 is 0 Å². The molecule has 0 bridgehead atoms. The van der Waals surface area contributed by atoms with Crippen molar-refractivity contribution >= 4 is 11.4 Å². The van der Waals surface area contributed by atoms with Gasteiger partial charge in [0.2, 0.25) is 0 Å². The number of nitrogens with one attached hydrogen (secondary N) is 1. The number of ether oxygens (including phenoxy) is 1. The SMILES string of the molecule is Cc1cc([N+](=O)[O-])ccc1N[C@@H]1C[C@H](O)[C@@H](CO)O1. The van der Waals surface area contributed by atoms with Crippen LogP contribution in [-0.4, -0.2) is 40.2 Å². The minimum absolute atomic E-state index is 0.0312. The molecule has 1 aliphatic heterocycles. The first-order chi connectivity index (χ1) is 9.01. The van der Waals surface area contributed by atoms with Gasteiger partial charge in [-0.2, -0.15) is 0 Å². The number of rotatable bonds is 4. The van der Waals surface area contributed by atoms with Crippen molar-refractivity contribution in [2.75, 3.05) is 11.9 Å². The van der Waals surface area contributed by atoms with Gasteiger partial charge in [-0.05, 0) is 18.6 Å². The molecule has 0 saturated carbocycles. The normalized spacial score (nSPS) is 26.4. The Kier molecular flexibility index (Phi) is 3.98. The van der Waals surface area contributed by atoms with Crippen molar-refractivity contribution in [3.63, 3.8) is 0 Å². The zero-order chi connectivity index (χ0) is 14.0. The zero-order valence-corrected chi connectivity index (χ0v) is 10.4. The van der Waals surface area contributed by atoms with Crippen LogP contribution in [0.3, 0.4) is 0 Å². The van der Waals surface area contributed by atoms with E-state index in [2.05, 4.69) is 5.32 Å². The van der Waals surface area contributed by atoms with Crippen LogP contribution in [0.5, 0.6) is 0 Å². The monoisotopic (exact) mass is 268 g/mol.